The summed E-state index contributed by atoms with van der Waals surface area (Å²) < 4.78 is 0. The predicted octanol–water partition coefficient (Wildman–Crippen LogP) is 4.96. The second kappa shape index (κ2) is 7.73. The molecule has 1 nitrogen and oxygen atoms in total. The lowest BCUT2D eigenvalue weighted by Gasteiger charge is -2.23. The number of rotatable bonds is 7. The minimum absolute atomic E-state index is 0.372. The van der Waals surface area contributed by atoms with Crippen molar-refractivity contribution in [3.63, 3.8) is 0 Å². The zero-order valence-electron chi connectivity index (χ0n) is 11.2. The van der Waals surface area contributed by atoms with E-state index in [2.05, 4.69) is 32.2 Å². The summed E-state index contributed by atoms with van der Waals surface area (Å²) in [5, 5.41) is 4.52. The van der Waals surface area contributed by atoms with E-state index in [1.54, 1.807) is 0 Å². The van der Waals surface area contributed by atoms with Gasteiger partial charge in [-0.25, -0.2) is 0 Å². The molecule has 1 atom stereocenters. The third-order valence-corrected chi connectivity index (χ3v) is 3.34. The first kappa shape index (κ1) is 14.5. The molecule has 0 spiro atoms. The molecule has 17 heavy (non-hydrogen) atoms. The summed E-state index contributed by atoms with van der Waals surface area (Å²) in [7, 11) is 0. The summed E-state index contributed by atoms with van der Waals surface area (Å²) in [4.78, 5) is 0. The van der Waals surface area contributed by atoms with Gasteiger partial charge in [-0.1, -0.05) is 50.4 Å². The van der Waals surface area contributed by atoms with Gasteiger partial charge in [0.1, 0.15) is 0 Å². The summed E-state index contributed by atoms with van der Waals surface area (Å²) in [6, 6.07) is 9.13. The van der Waals surface area contributed by atoms with E-state index in [1.807, 2.05) is 18.2 Å². The van der Waals surface area contributed by atoms with Crippen molar-refractivity contribution >= 4 is 11.6 Å². The van der Waals surface area contributed by atoms with E-state index in [4.69, 9.17) is 11.6 Å². The Bertz CT molecular complexity index is 318. The topological polar surface area (TPSA) is 12.0 Å². The number of nitrogens with one attached hydrogen (secondary N) is 1. The first-order chi connectivity index (χ1) is 8.17. The van der Waals surface area contributed by atoms with Gasteiger partial charge in [0.05, 0.1) is 0 Å². The fourth-order valence-corrected chi connectivity index (χ4v) is 2.43. The maximum Gasteiger partial charge on any atom is 0.0409 e. The van der Waals surface area contributed by atoms with E-state index in [0.717, 1.165) is 5.02 Å². The molecule has 0 amide bonds. The summed E-state index contributed by atoms with van der Waals surface area (Å²) >= 11 is 6.02. The van der Waals surface area contributed by atoms with Crippen LogP contribution in [0.15, 0.2) is 24.3 Å². The molecule has 0 saturated carbocycles. The molecule has 0 unspecified atom stereocenters. The molecule has 1 aromatic carbocycles. The van der Waals surface area contributed by atoms with Crippen LogP contribution in [0.25, 0.3) is 0 Å². The van der Waals surface area contributed by atoms with Crippen LogP contribution in [0.5, 0.6) is 0 Å². The van der Waals surface area contributed by atoms with Gasteiger partial charge < -0.3 is 5.32 Å². The van der Waals surface area contributed by atoms with Crippen molar-refractivity contribution in [2.24, 2.45) is 0 Å². The molecule has 0 aromatic heterocycles. The fraction of sp³-hybridized carbons (Fsp3) is 0.600. The predicted molar refractivity (Wildman–Crippen MR) is 76.6 cm³/mol. The van der Waals surface area contributed by atoms with E-state index in [9.17, 15) is 0 Å². The molecule has 1 N–H and O–H groups in total. The minimum atomic E-state index is 0.372. The monoisotopic (exact) mass is 253 g/mol. The molecule has 0 heterocycles. The Morgan fingerprint density at radius 3 is 2.35 bits per heavy atom. The van der Waals surface area contributed by atoms with Gasteiger partial charge in [-0.15, -0.1) is 0 Å². The molecular formula is C15H24ClN. The molecule has 0 bridgehead atoms. The highest BCUT2D eigenvalue weighted by Gasteiger charge is 2.12. The summed E-state index contributed by atoms with van der Waals surface area (Å²) in [5.41, 5.74) is 1.27. The van der Waals surface area contributed by atoms with Crippen molar-refractivity contribution in [3.05, 3.63) is 34.9 Å². The summed E-state index contributed by atoms with van der Waals surface area (Å²) in [5.74, 6) is 0. The smallest absolute Gasteiger partial charge is 0.0409 e. The highest BCUT2D eigenvalue weighted by Crippen LogP contribution is 2.19. The molecule has 0 radical (unpaired) electrons. The van der Waals surface area contributed by atoms with E-state index in [1.165, 1.54) is 31.2 Å². The lowest BCUT2D eigenvalue weighted by atomic mass is 10.0. The van der Waals surface area contributed by atoms with Gasteiger partial charge in [0.25, 0.3) is 0 Å². The largest absolute Gasteiger partial charge is 0.307 e. The Labute approximate surface area is 111 Å². The lowest BCUT2D eigenvalue weighted by molar-refractivity contribution is 0.402. The molecule has 2 heteroatoms. The Kier molecular flexibility index (Phi) is 6.61. The van der Waals surface area contributed by atoms with E-state index in [-0.39, 0.29) is 0 Å². The van der Waals surface area contributed by atoms with E-state index in [0.29, 0.717) is 12.1 Å². The van der Waals surface area contributed by atoms with Crippen LogP contribution in [-0.2, 0) is 0 Å². The van der Waals surface area contributed by atoms with Crippen molar-refractivity contribution in [1.29, 1.82) is 0 Å². The highest BCUT2D eigenvalue weighted by atomic mass is 35.5. The number of hydrogen-bond acceptors (Lipinski definition) is 1. The molecule has 1 aromatic rings. The number of halogens is 1. The summed E-state index contributed by atoms with van der Waals surface area (Å²) in [6.45, 7) is 6.70. The van der Waals surface area contributed by atoms with Crippen molar-refractivity contribution in [2.45, 2.75) is 58.5 Å². The molecule has 0 aliphatic carbocycles. The molecule has 0 aliphatic heterocycles. The normalized spacial score (nSPS) is 13.0. The quantitative estimate of drug-likeness (QED) is 0.724. The third kappa shape index (κ3) is 5.10. The van der Waals surface area contributed by atoms with Crippen LogP contribution in [0.2, 0.25) is 5.02 Å². The standard InChI is InChI=1S/C15H24ClN/c1-4-7-15(8-5-2)17-12(3)13-9-6-10-14(16)11-13/h6,9-12,15,17H,4-5,7-8H2,1-3H3/t12-/m1/s1. The second-order valence-corrected chi connectivity index (χ2v) is 5.15. The zero-order chi connectivity index (χ0) is 12.7. The van der Waals surface area contributed by atoms with Crippen LogP contribution in [0.3, 0.4) is 0 Å². The first-order valence-corrected chi connectivity index (χ1v) is 7.06. The van der Waals surface area contributed by atoms with E-state index >= 15 is 0 Å². The van der Waals surface area contributed by atoms with Gasteiger partial charge >= 0.3 is 0 Å². The maximum atomic E-state index is 6.02. The zero-order valence-corrected chi connectivity index (χ0v) is 11.9. The Morgan fingerprint density at radius 2 is 1.82 bits per heavy atom. The van der Waals surface area contributed by atoms with Gasteiger partial charge in [-0.3, -0.25) is 0 Å². The first-order valence-electron chi connectivity index (χ1n) is 6.68. The Balaban J connectivity index is 2.59. The SMILES string of the molecule is CCCC(CCC)N[C@H](C)c1cccc(Cl)c1. The van der Waals surface area contributed by atoms with Crippen LogP contribution in [0, 0.1) is 0 Å². The Hall–Kier alpha value is -0.530. The molecule has 0 aliphatic rings. The van der Waals surface area contributed by atoms with Crippen LogP contribution in [0.4, 0.5) is 0 Å². The average molecular weight is 254 g/mol. The van der Waals surface area contributed by atoms with Crippen LogP contribution in [-0.4, -0.2) is 6.04 Å². The molecule has 0 saturated heterocycles. The van der Waals surface area contributed by atoms with Crippen molar-refractivity contribution in [1.82, 2.24) is 5.32 Å². The van der Waals surface area contributed by atoms with Crippen molar-refractivity contribution in [3.8, 4) is 0 Å². The van der Waals surface area contributed by atoms with Crippen LogP contribution in [0.1, 0.15) is 58.1 Å². The van der Waals surface area contributed by atoms with Crippen LogP contribution >= 0.6 is 11.6 Å². The maximum absolute atomic E-state index is 6.02. The van der Waals surface area contributed by atoms with Crippen molar-refractivity contribution < 1.29 is 0 Å². The lowest BCUT2D eigenvalue weighted by Crippen LogP contribution is -2.31. The highest BCUT2D eigenvalue weighted by molar-refractivity contribution is 6.30. The average Bonchev–Trinajstić information content (AvgIpc) is 2.29. The van der Waals surface area contributed by atoms with Crippen molar-refractivity contribution in [2.75, 3.05) is 0 Å². The van der Waals surface area contributed by atoms with Gasteiger partial charge in [0, 0.05) is 17.1 Å². The molecule has 96 valence electrons. The fourth-order valence-electron chi connectivity index (χ4n) is 2.23. The van der Waals surface area contributed by atoms with Gasteiger partial charge in [-0.05, 0) is 37.5 Å². The van der Waals surface area contributed by atoms with Crippen LogP contribution < -0.4 is 5.32 Å². The third-order valence-electron chi connectivity index (χ3n) is 3.11. The second-order valence-electron chi connectivity index (χ2n) is 4.72. The van der Waals surface area contributed by atoms with Gasteiger partial charge in [0.2, 0.25) is 0 Å². The molecule has 1 rings (SSSR count). The van der Waals surface area contributed by atoms with Gasteiger partial charge in [0.15, 0.2) is 0 Å². The van der Waals surface area contributed by atoms with Gasteiger partial charge in [-0.2, -0.15) is 0 Å². The molecular weight excluding hydrogens is 230 g/mol. The van der Waals surface area contributed by atoms with E-state index < -0.39 is 0 Å². The summed E-state index contributed by atoms with van der Waals surface area (Å²) in [6.07, 6.45) is 4.97. The Morgan fingerprint density at radius 1 is 1.18 bits per heavy atom. The number of hydrogen-bond donors (Lipinski definition) is 1. The molecule has 0 fully saturated rings. The minimum Gasteiger partial charge on any atom is -0.307 e. The number of benzene rings is 1.